The van der Waals surface area contributed by atoms with Crippen LogP contribution < -0.4 is 10.7 Å². The fraction of sp³-hybridized carbons (Fsp3) is 0.471. The van der Waals surface area contributed by atoms with Crippen LogP contribution in [0.3, 0.4) is 0 Å². The second-order valence-corrected chi connectivity index (χ2v) is 6.65. The standard InChI is InChI=1S/C17H19N3O3/c21-14(13-10-11-6-2-3-7-12(11)13)19-20-15(22)17(18-16(20)23)8-4-1-5-9-17/h2-3,6-7,13H,1,4-5,8-10H2,(H,18,23)(H,19,21)/t13-/m0/s1. The molecule has 23 heavy (non-hydrogen) atoms. The maximum absolute atomic E-state index is 12.6. The average molecular weight is 313 g/mol. The Morgan fingerprint density at radius 3 is 2.65 bits per heavy atom. The Bertz CT molecular complexity index is 694. The Hall–Kier alpha value is -2.37. The maximum atomic E-state index is 12.6. The van der Waals surface area contributed by atoms with Crippen molar-refractivity contribution in [3.8, 4) is 0 Å². The van der Waals surface area contributed by atoms with Gasteiger partial charge in [0.1, 0.15) is 5.54 Å². The number of nitrogens with zero attached hydrogens (tertiary/aromatic N) is 1. The number of nitrogens with one attached hydrogen (secondary N) is 2. The summed E-state index contributed by atoms with van der Waals surface area (Å²) in [5.74, 6) is -0.891. The summed E-state index contributed by atoms with van der Waals surface area (Å²) >= 11 is 0. The molecule has 3 aliphatic rings. The van der Waals surface area contributed by atoms with Gasteiger partial charge in [0, 0.05) is 0 Å². The van der Waals surface area contributed by atoms with Gasteiger partial charge >= 0.3 is 6.03 Å². The van der Waals surface area contributed by atoms with Crippen LogP contribution in [0.4, 0.5) is 4.79 Å². The van der Waals surface area contributed by atoms with E-state index in [2.05, 4.69) is 10.7 Å². The molecule has 0 unspecified atom stereocenters. The Labute approximate surface area is 134 Å². The van der Waals surface area contributed by atoms with Crippen molar-refractivity contribution in [2.45, 2.75) is 50.0 Å². The molecule has 1 aromatic carbocycles. The highest BCUT2D eigenvalue weighted by Gasteiger charge is 2.52. The van der Waals surface area contributed by atoms with E-state index in [-0.39, 0.29) is 17.7 Å². The quantitative estimate of drug-likeness (QED) is 0.814. The topological polar surface area (TPSA) is 78.5 Å². The minimum atomic E-state index is -0.805. The van der Waals surface area contributed by atoms with Crippen molar-refractivity contribution in [1.29, 1.82) is 0 Å². The van der Waals surface area contributed by atoms with Crippen molar-refractivity contribution in [3.63, 3.8) is 0 Å². The Kier molecular flexibility index (Phi) is 3.14. The lowest BCUT2D eigenvalue weighted by molar-refractivity contribution is -0.140. The first-order valence-electron chi connectivity index (χ1n) is 8.16. The fourth-order valence-electron chi connectivity index (χ4n) is 3.90. The molecule has 1 heterocycles. The van der Waals surface area contributed by atoms with Gasteiger partial charge in [-0.25, -0.2) is 4.79 Å². The van der Waals surface area contributed by atoms with Crippen molar-refractivity contribution in [3.05, 3.63) is 35.4 Å². The number of fused-ring (bicyclic) bond motifs is 1. The van der Waals surface area contributed by atoms with Crippen molar-refractivity contribution < 1.29 is 14.4 Å². The number of amides is 4. The minimum Gasteiger partial charge on any atom is -0.322 e. The summed E-state index contributed by atoms with van der Waals surface area (Å²) in [7, 11) is 0. The van der Waals surface area contributed by atoms with E-state index < -0.39 is 11.6 Å². The highest BCUT2D eigenvalue weighted by Crippen LogP contribution is 2.36. The van der Waals surface area contributed by atoms with Crippen molar-refractivity contribution in [1.82, 2.24) is 15.8 Å². The molecule has 4 rings (SSSR count). The molecular weight excluding hydrogens is 294 g/mol. The zero-order chi connectivity index (χ0) is 16.0. The van der Waals surface area contributed by atoms with E-state index in [4.69, 9.17) is 0 Å². The first-order chi connectivity index (χ1) is 11.1. The van der Waals surface area contributed by atoms with E-state index in [0.29, 0.717) is 19.3 Å². The lowest BCUT2D eigenvalue weighted by Gasteiger charge is -2.31. The summed E-state index contributed by atoms with van der Waals surface area (Å²) < 4.78 is 0. The molecule has 120 valence electrons. The number of hydrogen-bond acceptors (Lipinski definition) is 3. The van der Waals surface area contributed by atoms with Crippen molar-refractivity contribution in [2.24, 2.45) is 0 Å². The smallest absolute Gasteiger partial charge is 0.322 e. The molecule has 4 amide bonds. The van der Waals surface area contributed by atoms with Crippen LogP contribution >= 0.6 is 0 Å². The third-order valence-electron chi connectivity index (χ3n) is 5.26. The highest BCUT2D eigenvalue weighted by atomic mass is 16.2. The molecule has 1 aromatic rings. The van der Waals surface area contributed by atoms with Gasteiger partial charge in [0.25, 0.3) is 5.91 Å². The second kappa shape index (κ2) is 5.08. The van der Waals surface area contributed by atoms with E-state index in [1.54, 1.807) is 0 Å². The monoisotopic (exact) mass is 313 g/mol. The molecule has 1 aliphatic heterocycles. The molecule has 1 atom stereocenters. The predicted molar refractivity (Wildman–Crippen MR) is 82.2 cm³/mol. The van der Waals surface area contributed by atoms with Crippen LogP contribution in [0.1, 0.15) is 49.1 Å². The van der Waals surface area contributed by atoms with Gasteiger partial charge in [0.15, 0.2) is 0 Å². The molecule has 2 N–H and O–H groups in total. The molecule has 0 radical (unpaired) electrons. The third-order valence-corrected chi connectivity index (χ3v) is 5.26. The number of benzene rings is 1. The summed E-state index contributed by atoms with van der Waals surface area (Å²) in [6, 6.07) is 7.22. The second-order valence-electron chi connectivity index (χ2n) is 6.65. The van der Waals surface area contributed by atoms with E-state index in [1.165, 1.54) is 0 Å². The number of rotatable bonds is 2. The minimum absolute atomic E-state index is 0.283. The molecule has 6 nitrogen and oxygen atoms in total. The fourth-order valence-corrected chi connectivity index (χ4v) is 3.90. The summed E-state index contributed by atoms with van der Waals surface area (Å²) in [6.07, 6.45) is 4.87. The highest BCUT2D eigenvalue weighted by molar-refractivity contribution is 6.08. The largest absolute Gasteiger partial charge is 0.344 e. The van der Waals surface area contributed by atoms with Gasteiger partial charge < -0.3 is 5.32 Å². The van der Waals surface area contributed by atoms with Crippen LogP contribution in [-0.2, 0) is 16.0 Å². The van der Waals surface area contributed by atoms with Gasteiger partial charge in [-0.3, -0.25) is 15.0 Å². The van der Waals surface area contributed by atoms with Gasteiger partial charge in [0.05, 0.1) is 5.92 Å². The van der Waals surface area contributed by atoms with Crippen LogP contribution in [0.5, 0.6) is 0 Å². The van der Waals surface area contributed by atoms with Crippen molar-refractivity contribution in [2.75, 3.05) is 0 Å². The number of carbonyl (C=O) groups is 3. The molecule has 1 saturated heterocycles. The van der Waals surface area contributed by atoms with E-state index in [1.807, 2.05) is 24.3 Å². The molecule has 2 fully saturated rings. The summed E-state index contributed by atoms with van der Waals surface area (Å²) in [4.78, 5) is 37.2. The zero-order valence-electron chi connectivity index (χ0n) is 12.8. The van der Waals surface area contributed by atoms with Crippen LogP contribution in [0.2, 0.25) is 0 Å². The van der Waals surface area contributed by atoms with Gasteiger partial charge in [-0.15, -0.1) is 0 Å². The normalized spacial score (nSPS) is 24.9. The zero-order valence-corrected chi connectivity index (χ0v) is 12.8. The Balaban J connectivity index is 1.48. The third kappa shape index (κ3) is 2.12. The molecule has 2 aliphatic carbocycles. The molecule has 0 bridgehead atoms. The molecule has 6 heteroatoms. The van der Waals surface area contributed by atoms with Gasteiger partial charge in [0.2, 0.25) is 5.91 Å². The van der Waals surface area contributed by atoms with Crippen LogP contribution in [0.25, 0.3) is 0 Å². The first kappa shape index (κ1) is 14.2. The van der Waals surface area contributed by atoms with E-state index >= 15 is 0 Å². The lowest BCUT2D eigenvalue weighted by Crippen LogP contribution is -2.52. The molecule has 1 saturated carbocycles. The van der Waals surface area contributed by atoms with Gasteiger partial charge in [-0.1, -0.05) is 43.5 Å². The SMILES string of the molecule is O=C(NN1C(=O)NC2(CCCCC2)C1=O)[C@H]1Cc2ccccc21. The average Bonchev–Trinajstić information content (AvgIpc) is 2.74. The Morgan fingerprint density at radius 2 is 1.91 bits per heavy atom. The van der Waals surface area contributed by atoms with Crippen molar-refractivity contribution >= 4 is 17.8 Å². The number of hydrogen-bond donors (Lipinski definition) is 2. The van der Waals surface area contributed by atoms with Crippen LogP contribution in [-0.4, -0.2) is 28.4 Å². The number of carbonyl (C=O) groups excluding carboxylic acids is 3. The molecule has 1 spiro atoms. The molecule has 0 aromatic heterocycles. The molecular formula is C17H19N3O3. The Morgan fingerprint density at radius 1 is 1.17 bits per heavy atom. The van der Waals surface area contributed by atoms with E-state index in [9.17, 15) is 14.4 Å². The maximum Gasteiger partial charge on any atom is 0.344 e. The number of hydrazine groups is 1. The van der Waals surface area contributed by atoms with Crippen LogP contribution in [0.15, 0.2) is 24.3 Å². The lowest BCUT2D eigenvalue weighted by atomic mass is 9.77. The van der Waals surface area contributed by atoms with Gasteiger partial charge in [-0.2, -0.15) is 5.01 Å². The summed E-state index contributed by atoms with van der Waals surface area (Å²) in [5, 5.41) is 3.67. The van der Waals surface area contributed by atoms with E-state index in [0.717, 1.165) is 35.4 Å². The number of imide groups is 1. The summed E-state index contributed by atoms with van der Waals surface area (Å²) in [6.45, 7) is 0. The van der Waals surface area contributed by atoms with Gasteiger partial charge in [-0.05, 0) is 30.4 Å². The number of urea groups is 1. The summed E-state index contributed by atoms with van der Waals surface area (Å²) in [5.41, 5.74) is 3.84. The predicted octanol–water partition coefficient (Wildman–Crippen LogP) is 1.61. The van der Waals surface area contributed by atoms with Crippen LogP contribution in [0, 0.1) is 0 Å². The first-order valence-corrected chi connectivity index (χ1v) is 8.16.